The van der Waals surface area contributed by atoms with Gasteiger partial charge >= 0.3 is 0 Å². The highest BCUT2D eigenvalue weighted by Gasteiger charge is 2.31. The Morgan fingerprint density at radius 3 is 2.35 bits per heavy atom. The second kappa shape index (κ2) is 8.85. The number of aliphatic imine (C=N–C) groups is 1. The van der Waals surface area contributed by atoms with Gasteiger partial charge in [-0.1, -0.05) is 70.5 Å². The molecule has 0 aromatic heterocycles. The van der Waals surface area contributed by atoms with Gasteiger partial charge in [0.15, 0.2) is 5.84 Å². The SMILES string of the molecule is O=C1/C(=C\c2ccc(Br)cc2)N=C(c2ccccc2)N1/N=C/c1ccccc1[N+](=O)[O-]. The van der Waals surface area contributed by atoms with Gasteiger partial charge in [-0.25, -0.2) is 4.99 Å². The van der Waals surface area contributed by atoms with Crippen LogP contribution in [0.5, 0.6) is 0 Å². The molecule has 0 atom stereocenters. The first-order chi connectivity index (χ1) is 15.0. The maximum absolute atomic E-state index is 13.1. The van der Waals surface area contributed by atoms with Crippen LogP contribution in [0.2, 0.25) is 0 Å². The smallest absolute Gasteiger partial charge is 0.265 e. The average molecular weight is 475 g/mol. The molecule has 0 radical (unpaired) electrons. The molecule has 1 amide bonds. The predicted octanol–water partition coefficient (Wildman–Crippen LogP) is 5.02. The number of nitrogens with zero attached hydrogens (tertiary/aromatic N) is 4. The zero-order valence-electron chi connectivity index (χ0n) is 16.1. The maximum Gasteiger partial charge on any atom is 0.298 e. The lowest BCUT2D eigenvalue weighted by Crippen LogP contribution is -2.27. The third-order valence-corrected chi connectivity index (χ3v) is 5.02. The molecule has 1 aliphatic heterocycles. The van der Waals surface area contributed by atoms with Crippen LogP contribution in [0.3, 0.4) is 0 Å². The first kappa shape index (κ1) is 20.4. The van der Waals surface area contributed by atoms with Gasteiger partial charge in [-0.3, -0.25) is 14.9 Å². The van der Waals surface area contributed by atoms with Gasteiger partial charge in [0.05, 0.1) is 16.7 Å². The van der Waals surface area contributed by atoms with Crippen molar-refractivity contribution < 1.29 is 9.72 Å². The molecule has 7 nitrogen and oxygen atoms in total. The van der Waals surface area contributed by atoms with Crippen molar-refractivity contribution in [2.24, 2.45) is 10.1 Å². The van der Waals surface area contributed by atoms with E-state index in [1.54, 1.807) is 24.3 Å². The van der Waals surface area contributed by atoms with Crippen LogP contribution in [-0.2, 0) is 4.79 Å². The molecule has 3 aromatic rings. The molecule has 3 aromatic carbocycles. The first-order valence-electron chi connectivity index (χ1n) is 9.26. The molecule has 0 fully saturated rings. The molecule has 1 aliphatic rings. The summed E-state index contributed by atoms with van der Waals surface area (Å²) in [6.07, 6.45) is 2.98. The first-order valence-corrected chi connectivity index (χ1v) is 10.1. The van der Waals surface area contributed by atoms with Crippen LogP contribution in [0.4, 0.5) is 5.69 Å². The number of hydrogen-bond donors (Lipinski definition) is 0. The number of nitro groups is 1. The van der Waals surface area contributed by atoms with E-state index in [1.165, 1.54) is 12.3 Å². The Bertz CT molecular complexity index is 1240. The van der Waals surface area contributed by atoms with Crippen molar-refractivity contribution in [3.05, 3.63) is 116 Å². The van der Waals surface area contributed by atoms with Crippen molar-refractivity contribution in [1.29, 1.82) is 0 Å². The molecule has 4 rings (SSSR count). The Morgan fingerprint density at radius 1 is 0.968 bits per heavy atom. The van der Waals surface area contributed by atoms with Gasteiger partial charge in [0, 0.05) is 16.1 Å². The number of amidine groups is 1. The molecular formula is C23H15BrN4O3. The van der Waals surface area contributed by atoms with Crippen LogP contribution in [0.25, 0.3) is 6.08 Å². The van der Waals surface area contributed by atoms with E-state index in [2.05, 4.69) is 26.0 Å². The third-order valence-electron chi connectivity index (χ3n) is 4.49. The molecule has 0 N–H and O–H groups in total. The maximum atomic E-state index is 13.1. The van der Waals surface area contributed by atoms with E-state index in [-0.39, 0.29) is 16.9 Å². The highest BCUT2D eigenvalue weighted by atomic mass is 79.9. The second-order valence-corrected chi connectivity index (χ2v) is 7.48. The molecule has 8 heteroatoms. The minimum Gasteiger partial charge on any atom is -0.265 e. The van der Waals surface area contributed by atoms with Crippen molar-refractivity contribution >= 4 is 45.7 Å². The largest absolute Gasteiger partial charge is 0.298 e. The molecular weight excluding hydrogens is 460 g/mol. The van der Waals surface area contributed by atoms with E-state index in [1.807, 2.05) is 54.6 Å². The molecule has 0 spiro atoms. The van der Waals surface area contributed by atoms with Gasteiger partial charge < -0.3 is 0 Å². The number of hydrogen-bond acceptors (Lipinski definition) is 5. The number of amides is 1. The molecule has 0 saturated heterocycles. The van der Waals surface area contributed by atoms with E-state index < -0.39 is 10.8 Å². The fourth-order valence-corrected chi connectivity index (χ4v) is 3.25. The van der Waals surface area contributed by atoms with Gasteiger partial charge in [0.2, 0.25) is 0 Å². The van der Waals surface area contributed by atoms with E-state index >= 15 is 0 Å². The third kappa shape index (κ3) is 4.49. The van der Waals surface area contributed by atoms with Crippen molar-refractivity contribution in [2.45, 2.75) is 0 Å². The summed E-state index contributed by atoms with van der Waals surface area (Å²) in [5.41, 5.74) is 1.93. The minimum atomic E-state index is -0.488. The van der Waals surface area contributed by atoms with Crippen LogP contribution in [-0.4, -0.2) is 27.9 Å². The van der Waals surface area contributed by atoms with E-state index in [9.17, 15) is 14.9 Å². The van der Waals surface area contributed by atoms with Crippen LogP contribution < -0.4 is 0 Å². The van der Waals surface area contributed by atoms with E-state index in [4.69, 9.17) is 0 Å². The zero-order valence-corrected chi connectivity index (χ0v) is 17.6. The molecule has 1 heterocycles. The highest BCUT2D eigenvalue weighted by molar-refractivity contribution is 9.10. The molecule has 0 bridgehead atoms. The second-order valence-electron chi connectivity index (χ2n) is 6.56. The van der Waals surface area contributed by atoms with Crippen LogP contribution in [0.1, 0.15) is 16.7 Å². The lowest BCUT2D eigenvalue weighted by Gasteiger charge is -2.11. The van der Waals surface area contributed by atoms with Crippen molar-refractivity contribution in [1.82, 2.24) is 5.01 Å². The normalized spacial score (nSPS) is 15.0. The van der Waals surface area contributed by atoms with Crippen molar-refractivity contribution in [3.63, 3.8) is 0 Å². The number of para-hydroxylation sites is 1. The summed E-state index contributed by atoms with van der Waals surface area (Å²) in [6, 6.07) is 22.9. The van der Waals surface area contributed by atoms with Crippen molar-refractivity contribution in [3.8, 4) is 0 Å². The van der Waals surface area contributed by atoms with Gasteiger partial charge in [-0.2, -0.15) is 10.1 Å². The lowest BCUT2D eigenvalue weighted by molar-refractivity contribution is -0.385. The van der Waals surface area contributed by atoms with Crippen molar-refractivity contribution in [2.75, 3.05) is 0 Å². The van der Waals surface area contributed by atoms with Gasteiger partial charge in [-0.05, 0) is 29.8 Å². The van der Waals surface area contributed by atoms with E-state index in [0.717, 1.165) is 15.0 Å². The summed E-state index contributed by atoms with van der Waals surface area (Å²) >= 11 is 3.39. The fourth-order valence-electron chi connectivity index (χ4n) is 2.99. The molecule has 0 unspecified atom stereocenters. The molecule has 0 saturated carbocycles. The monoisotopic (exact) mass is 474 g/mol. The van der Waals surface area contributed by atoms with Crippen LogP contribution >= 0.6 is 15.9 Å². The van der Waals surface area contributed by atoms with Gasteiger partial charge in [-0.15, -0.1) is 0 Å². The summed E-state index contributed by atoms with van der Waals surface area (Å²) < 4.78 is 0.927. The topological polar surface area (TPSA) is 88.2 Å². The van der Waals surface area contributed by atoms with E-state index in [0.29, 0.717) is 11.4 Å². The van der Waals surface area contributed by atoms with Crippen LogP contribution in [0.15, 0.2) is 99.1 Å². The Hall–Kier alpha value is -3.91. The standard InChI is InChI=1S/C23H15BrN4O3/c24-19-12-10-16(11-13-19)14-20-23(29)27(22(26-20)17-6-2-1-3-7-17)25-15-18-8-4-5-9-21(18)28(30)31/h1-15H/b20-14+,25-15+. The number of carbonyl (C=O) groups excluding carboxylic acids is 1. The average Bonchev–Trinajstić information content (AvgIpc) is 3.09. The molecule has 0 aliphatic carbocycles. The fraction of sp³-hybridized carbons (Fsp3) is 0. The molecule has 31 heavy (non-hydrogen) atoms. The predicted molar refractivity (Wildman–Crippen MR) is 123 cm³/mol. The number of carbonyl (C=O) groups is 1. The Morgan fingerprint density at radius 2 is 1.65 bits per heavy atom. The summed E-state index contributed by atoms with van der Waals surface area (Å²) in [6.45, 7) is 0. The number of rotatable bonds is 5. The Balaban J connectivity index is 1.74. The Kier molecular flexibility index (Phi) is 5.81. The van der Waals surface area contributed by atoms with Crippen LogP contribution in [0, 0.1) is 10.1 Å². The quantitative estimate of drug-likeness (QED) is 0.225. The summed E-state index contributed by atoms with van der Waals surface area (Å²) in [5, 5.41) is 16.7. The van der Waals surface area contributed by atoms with Gasteiger partial charge in [0.1, 0.15) is 5.70 Å². The summed E-state index contributed by atoms with van der Waals surface area (Å²) in [5.74, 6) is -0.0691. The summed E-state index contributed by atoms with van der Waals surface area (Å²) in [7, 11) is 0. The number of nitro benzene ring substituents is 1. The van der Waals surface area contributed by atoms with Gasteiger partial charge in [0.25, 0.3) is 11.6 Å². The number of halogens is 1. The number of hydrazone groups is 1. The lowest BCUT2D eigenvalue weighted by atomic mass is 10.2. The minimum absolute atomic E-state index is 0.0956. The summed E-state index contributed by atoms with van der Waals surface area (Å²) in [4.78, 5) is 28.4. The number of benzene rings is 3. The highest BCUT2D eigenvalue weighted by Crippen LogP contribution is 2.24. The molecule has 152 valence electrons. The zero-order chi connectivity index (χ0) is 21.8. The Labute approximate surface area is 186 Å².